The number of anilines is 1. The molecule has 3 aromatic rings. The van der Waals surface area contributed by atoms with Crippen molar-refractivity contribution in [3.63, 3.8) is 0 Å². The highest BCUT2D eigenvalue weighted by Crippen LogP contribution is 2.32. The lowest BCUT2D eigenvalue weighted by atomic mass is 10.0. The largest absolute Gasteiger partial charge is 0.369 e. The number of rotatable bonds is 3. The molecule has 0 saturated heterocycles. The molecular formula is C16H15BrFN3. The lowest BCUT2D eigenvalue weighted by Gasteiger charge is -2.19. The average molecular weight is 348 g/mol. The second-order valence-corrected chi connectivity index (χ2v) is 5.78. The SMILES string of the molecule is CCC(c1ccccc1)n1c(N)nc2cc(F)c(Br)cc21. The molecule has 2 aromatic carbocycles. The Bertz CT molecular complexity index is 783. The molecular weight excluding hydrogens is 333 g/mol. The van der Waals surface area contributed by atoms with E-state index < -0.39 is 0 Å². The van der Waals surface area contributed by atoms with Crippen LogP contribution in [0.25, 0.3) is 11.0 Å². The van der Waals surface area contributed by atoms with Gasteiger partial charge in [-0.2, -0.15) is 0 Å². The summed E-state index contributed by atoms with van der Waals surface area (Å²) in [6.45, 7) is 2.10. The summed E-state index contributed by atoms with van der Waals surface area (Å²) in [6.07, 6.45) is 0.870. The van der Waals surface area contributed by atoms with Crippen LogP contribution in [0.5, 0.6) is 0 Å². The van der Waals surface area contributed by atoms with Gasteiger partial charge in [0, 0.05) is 6.07 Å². The highest BCUT2D eigenvalue weighted by atomic mass is 79.9. The van der Waals surface area contributed by atoms with E-state index in [9.17, 15) is 4.39 Å². The van der Waals surface area contributed by atoms with Crippen molar-refractivity contribution >= 4 is 32.9 Å². The molecule has 0 aliphatic carbocycles. The monoisotopic (exact) mass is 347 g/mol. The molecule has 1 heterocycles. The van der Waals surface area contributed by atoms with Crippen LogP contribution in [0.15, 0.2) is 46.9 Å². The Morgan fingerprint density at radius 3 is 2.67 bits per heavy atom. The van der Waals surface area contributed by atoms with Crippen LogP contribution in [-0.2, 0) is 0 Å². The average Bonchev–Trinajstić information content (AvgIpc) is 2.78. The fraction of sp³-hybridized carbons (Fsp3) is 0.188. The molecule has 0 aliphatic rings. The van der Waals surface area contributed by atoms with Gasteiger partial charge in [-0.15, -0.1) is 0 Å². The number of imidazole rings is 1. The zero-order valence-electron chi connectivity index (χ0n) is 11.6. The van der Waals surface area contributed by atoms with Crippen molar-refractivity contribution in [2.24, 2.45) is 0 Å². The smallest absolute Gasteiger partial charge is 0.201 e. The zero-order chi connectivity index (χ0) is 15.0. The number of aromatic nitrogens is 2. The molecule has 3 nitrogen and oxygen atoms in total. The molecule has 1 aromatic heterocycles. The molecule has 2 N–H and O–H groups in total. The van der Waals surface area contributed by atoms with Crippen molar-refractivity contribution in [3.05, 3.63) is 58.3 Å². The number of hydrogen-bond donors (Lipinski definition) is 1. The number of nitrogen functional groups attached to an aromatic ring is 1. The van der Waals surface area contributed by atoms with E-state index in [1.807, 2.05) is 22.8 Å². The van der Waals surface area contributed by atoms with Gasteiger partial charge in [0.25, 0.3) is 0 Å². The van der Waals surface area contributed by atoms with E-state index in [1.54, 1.807) is 6.07 Å². The third-order valence-electron chi connectivity index (χ3n) is 3.64. The normalized spacial score (nSPS) is 12.7. The van der Waals surface area contributed by atoms with Gasteiger partial charge in [-0.25, -0.2) is 9.37 Å². The predicted octanol–water partition coefficient (Wildman–Crippen LogP) is 4.52. The third-order valence-corrected chi connectivity index (χ3v) is 4.25. The summed E-state index contributed by atoms with van der Waals surface area (Å²) in [5.74, 6) is 0.0677. The van der Waals surface area contributed by atoms with Crippen LogP contribution in [0, 0.1) is 5.82 Å². The Kier molecular flexibility index (Phi) is 3.68. The van der Waals surface area contributed by atoms with Gasteiger partial charge < -0.3 is 10.3 Å². The van der Waals surface area contributed by atoms with Gasteiger partial charge in [0.2, 0.25) is 5.95 Å². The van der Waals surface area contributed by atoms with Crippen LogP contribution in [0.4, 0.5) is 10.3 Å². The summed E-state index contributed by atoms with van der Waals surface area (Å²) >= 11 is 3.23. The van der Waals surface area contributed by atoms with Gasteiger partial charge >= 0.3 is 0 Å². The summed E-state index contributed by atoms with van der Waals surface area (Å²) in [7, 11) is 0. The Hall–Kier alpha value is -1.88. The topological polar surface area (TPSA) is 43.8 Å². The number of hydrogen-bond acceptors (Lipinski definition) is 2. The molecule has 0 amide bonds. The molecule has 1 unspecified atom stereocenters. The molecule has 5 heteroatoms. The van der Waals surface area contributed by atoms with Crippen molar-refractivity contribution < 1.29 is 4.39 Å². The predicted molar refractivity (Wildman–Crippen MR) is 86.7 cm³/mol. The zero-order valence-corrected chi connectivity index (χ0v) is 13.1. The first kappa shape index (κ1) is 14.1. The summed E-state index contributed by atoms with van der Waals surface area (Å²) in [4.78, 5) is 4.29. The van der Waals surface area contributed by atoms with Gasteiger partial charge in [0.15, 0.2) is 0 Å². The summed E-state index contributed by atoms with van der Waals surface area (Å²) in [5, 5.41) is 0. The third kappa shape index (κ3) is 2.42. The van der Waals surface area contributed by atoms with E-state index in [1.165, 1.54) is 6.07 Å². The van der Waals surface area contributed by atoms with Crippen LogP contribution in [0.1, 0.15) is 24.9 Å². The molecule has 0 radical (unpaired) electrons. The van der Waals surface area contributed by atoms with Crippen molar-refractivity contribution in [2.75, 3.05) is 5.73 Å². The molecule has 0 aliphatic heterocycles. The molecule has 0 fully saturated rings. The Morgan fingerprint density at radius 2 is 2.00 bits per heavy atom. The minimum atomic E-state index is -0.333. The fourth-order valence-corrected chi connectivity index (χ4v) is 3.01. The number of nitrogens with zero attached hydrogens (tertiary/aromatic N) is 2. The fourth-order valence-electron chi connectivity index (χ4n) is 2.68. The van der Waals surface area contributed by atoms with E-state index in [0.717, 1.165) is 17.5 Å². The molecule has 0 spiro atoms. The van der Waals surface area contributed by atoms with Gasteiger partial charge in [-0.1, -0.05) is 37.3 Å². The Balaban J connectivity index is 2.23. The summed E-state index contributed by atoms with van der Waals surface area (Å²) in [6, 6.07) is 13.3. The first-order valence-electron chi connectivity index (χ1n) is 6.79. The number of nitrogens with two attached hydrogens (primary N) is 1. The lowest BCUT2D eigenvalue weighted by molar-refractivity contribution is 0.588. The van der Waals surface area contributed by atoms with E-state index in [-0.39, 0.29) is 11.9 Å². The van der Waals surface area contributed by atoms with Gasteiger partial charge in [0.05, 0.1) is 21.5 Å². The van der Waals surface area contributed by atoms with Crippen LogP contribution in [0.3, 0.4) is 0 Å². The number of fused-ring (bicyclic) bond motifs is 1. The van der Waals surface area contributed by atoms with Gasteiger partial charge in [-0.3, -0.25) is 0 Å². The van der Waals surface area contributed by atoms with Crippen molar-refractivity contribution in [1.29, 1.82) is 0 Å². The maximum absolute atomic E-state index is 13.7. The molecule has 108 valence electrons. The first-order chi connectivity index (χ1) is 10.1. The summed E-state index contributed by atoms with van der Waals surface area (Å²) in [5.41, 5.74) is 8.64. The molecule has 21 heavy (non-hydrogen) atoms. The van der Waals surface area contributed by atoms with Crippen LogP contribution in [0.2, 0.25) is 0 Å². The maximum Gasteiger partial charge on any atom is 0.201 e. The van der Waals surface area contributed by atoms with Crippen molar-refractivity contribution in [2.45, 2.75) is 19.4 Å². The van der Waals surface area contributed by atoms with E-state index >= 15 is 0 Å². The highest BCUT2D eigenvalue weighted by Gasteiger charge is 2.19. The molecule has 0 bridgehead atoms. The second-order valence-electron chi connectivity index (χ2n) is 4.93. The Morgan fingerprint density at radius 1 is 1.29 bits per heavy atom. The lowest BCUT2D eigenvalue weighted by Crippen LogP contribution is -2.12. The summed E-state index contributed by atoms with van der Waals surface area (Å²) < 4.78 is 16.0. The van der Waals surface area contributed by atoms with Crippen LogP contribution >= 0.6 is 15.9 Å². The first-order valence-corrected chi connectivity index (χ1v) is 7.58. The van der Waals surface area contributed by atoms with E-state index in [0.29, 0.717) is 15.9 Å². The van der Waals surface area contributed by atoms with Crippen molar-refractivity contribution in [3.8, 4) is 0 Å². The number of benzene rings is 2. The van der Waals surface area contributed by atoms with Crippen molar-refractivity contribution in [1.82, 2.24) is 9.55 Å². The molecule has 1 atom stereocenters. The Labute approximate surface area is 130 Å². The van der Waals surface area contributed by atoms with Gasteiger partial charge in [0.1, 0.15) is 5.82 Å². The quantitative estimate of drug-likeness (QED) is 0.756. The van der Waals surface area contributed by atoms with Crippen LogP contribution < -0.4 is 5.73 Å². The number of halogens is 2. The van der Waals surface area contributed by atoms with E-state index in [4.69, 9.17) is 5.73 Å². The van der Waals surface area contributed by atoms with E-state index in [2.05, 4.69) is 40.0 Å². The standard InChI is InChI=1S/C16H15BrFN3/c1-2-14(10-6-4-3-5-7-10)21-15-8-11(17)12(18)9-13(15)20-16(21)19/h3-9,14H,2H2,1H3,(H2,19,20). The minimum Gasteiger partial charge on any atom is -0.369 e. The molecule has 3 rings (SSSR count). The van der Waals surface area contributed by atoms with Gasteiger partial charge in [-0.05, 0) is 34.0 Å². The second kappa shape index (κ2) is 5.48. The highest BCUT2D eigenvalue weighted by molar-refractivity contribution is 9.10. The maximum atomic E-state index is 13.7. The molecule has 0 saturated carbocycles. The van der Waals surface area contributed by atoms with Crippen LogP contribution in [-0.4, -0.2) is 9.55 Å². The minimum absolute atomic E-state index is 0.0774.